The van der Waals surface area contributed by atoms with Gasteiger partial charge in [0.25, 0.3) is 0 Å². The first-order valence-electron chi connectivity index (χ1n) is 11.3. The van der Waals surface area contributed by atoms with Crippen molar-refractivity contribution in [3.63, 3.8) is 0 Å². The van der Waals surface area contributed by atoms with Crippen molar-refractivity contribution in [1.29, 1.82) is 0 Å². The van der Waals surface area contributed by atoms with E-state index in [-0.39, 0.29) is 35.3 Å². The molecular weight excluding hydrogens is 481 g/mol. The topological polar surface area (TPSA) is 89.7 Å². The predicted molar refractivity (Wildman–Crippen MR) is 130 cm³/mol. The lowest BCUT2D eigenvalue weighted by molar-refractivity contribution is -0.137. The molecule has 2 aromatic rings. The second-order valence-electron chi connectivity index (χ2n) is 9.24. The number of rotatable bonds is 8. The molecule has 1 unspecified atom stereocenters. The number of likely N-dealkylation sites (tertiary alicyclic amines) is 1. The van der Waals surface area contributed by atoms with Gasteiger partial charge in [-0.3, -0.25) is 4.79 Å². The van der Waals surface area contributed by atoms with E-state index in [4.69, 9.17) is 5.73 Å². The molecule has 0 spiro atoms. The summed E-state index contributed by atoms with van der Waals surface area (Å²) in [6.07, 6.45) is -2.88. The Morgan fingerprint density at radius 3 is 2.34 bits per heavy atom. The molecule has 1 heterocycles. The molecule has 1 amide bonds. The molecular formula is C24H31F3N4O3S. The summed E-state index contributed by atoms with van der Waals surface area (Å²) in [5.74, 6) is -0.373. The Hall–Kier alpha value is -2.47. The van der Waals surface area contributed by atoms with E-state index in [9.17, 15) is 26.7 Å². The Balaban J connectivity index is 1.98. The second kappa shape index (κ2) is 10.7. The number of nitrogens with two attached hydrogens (primary N) is 1. The molecule has 2 atom stereocenters. The summed E-state index contributed by atoms with van der Waals surface area (Å²) in [6, 6.07) is 10.8. The molecule has 1 fully saturated rings. The molecule has 35 heavy (non-hydrogen) atoms. The number of halogens is 3. The minimum Gasteiger partial charge on any atom is -0.724 e. The lowest BCUT2D eigenvalue weighted by Crippen LogP contribution is -2.44. The number of alkyl halides is 3. The zero-order valence-electron chi connectivity index (χ0n) is 20.0. The molecule has 0 radical (unpaired) electrons. The first kappa shape index (κ1) is 27.1. The van der Waals surface area contributed by atoms with E-state index in [1.165, 1.54) is 14.1 Å². The first-order valence-corrected chi connectivity index (χ1v) is 12.3. The van der Waals surface area contributed by atoms with Crippen molar-refractivity contribution in [3.8, 4) is 0 Å². The molecule has 0 aliphatic carbocycles. The molecule has 0 aromatic heterocycles. The molecule has 1 saturated heterocycles. The highest BCUT2D eigenvalue weighted by molar-refractivity contribution is 7.78. The second-order valence-corrected chi connectivity index (χ2v) is 10.6. The monoisotopic (exact) mass is 512 g/mol. The summed E-state index contributed by atoms with van der Waals surface area (Å²) >= 11 is -2.81. The van der Waals surface area contributed by atoms with Gasteiger partial charge in [0.2, 0.25) is 5.91 Å². The Kier molecular flexibility index (Phi) is 8.25. The maximum atomic E-state index is 13.5. The van der Waals surface area contributed by atoms with Crippen molar-refractivity contribution in [2.75, 3.05) is 46.5 Å². The minimum atomic E-state index is -4.72. The van der Waals surface area contributed by atoms with Crippen LogP contribution in [0.4, 0.5) is 24.5 Å². The third kappa shape index (κ3) is 6.21. The molecule has 7 nitrogen and oxygen atoms in total. The number of hydrogen-bond donors (Lipinski definition) is 1. The van der Waals surface area contributed by atoms with Crippen LogP contribution in [0.2, 0.25) is 0 Å². The summed E-state index contributed by atoms with van der Waals surface area (Å²) < 4.78 is 63.2. The average Bonchev–Trinajstić information content (AvgIpc) is 3.31. The fourth-order valence-electron chi connectivity index (χ4n) is 4.38. The van der Waals surface area contributed by atoms with Crippen molar-refractivity contribution in [2.45, 2.75) is 31.5 Å². The zero-order valence-corrected chi connectivity index (χ0v) is 20.9. The quantitative estimate of drug-likeness (QED) is 0.332. The molecule has 0 saturated carbocycles. The van der Waals surface area contributed by atoms with Crippen molar-refractivity contribution < 1.29 is 26.7 Å². The normalized spacial score (nSPS) is 16.8. The number of anilines is 1. The average molecular weight is 513 g/mol. The van der Waals surface area contributed by atoms with Crippen molar-refractivity contribution in [2.24, 2.45) is 0 Å². The van der Waals surface area contributed by atoms with Gasteiger partial charge in [0.15, 0.2) is 17.0 Å². The van der Waals surface area contributed by atoms with Gasteiger partial charge in [0, 0.05) is 30.9 Å². The van der Waals surface area contributed by atoms with E-state index in [1.807, 2.05) is 30.3 Å². The molecule has 1 aliphatic rings. The predicted octanol–water partition coefficient (Wildman–Crippen LogP) is 3.49. The number of carbonyl (C=O) groups excluding carboxylic acids is 1. The van der Waals surface area contributed by atoms with Crippen LogP contribution in [0.25, 0.3) is 0 Å². The molecule has 0 bridgehead atoms. The van der Waals surface area contributed by atoms with Gasteiger partial charge in [-0.05, 0) is 37.6 Å². The molecule has 2 N–H and O–H groups in total. The Morgan fingerprint density at radius 1 is 1.20 bits per heavy atom. The van der Waals surface area contributed by atoms with E-state index in [0.29, 0.717) is 6.54 Å². The number of amides is 1. The van der Waals surface area contributed by atoms with Gasteiger partial charge < -0.3 is 20.1 Å². The standard InChI is InChI=1S/C24H31F3N4O3S/c1-29(21(16-30-11-7-8-12-30)17-9-5-4-6-10-17)23(32)15-19-20(28)13-18(24(25,26)27)14-22(19)31(2,3)35(33)34/h4-6,9-10,13-14,21H,7-8,11-12,15-16,28H2,1-3H3/t21-/m1/s1. The van der Waals surface area contributed by atoms with Crippen LogP contribution in [0.5, 0.6) is 0 Å². The number of likely N-dealkylation sites (N-methyl/N-ethyl adjacent to an activating group) is 1. The van der Waals surface area contributed by atoms with Crippen LogP contribution in [-0.4, -0.2) is 65.2 Å². The van der Waals surface area contributed by atoms with Crippen molar-refractivity contribution in [3.05, 3.63) is 59.2 Å². The van der Waals surface area contributed by atoms with Crippen molar-refractivity contribution in [1.82, 2.24) is 13.7 Å². The number of benzene rings is 2. The van der Waals surface area contributed by atoms with Gasteiger partial charge in [-0.2, -0.15) is 13.2 Å². The summed E-state index contributed by atoms with van der Waals surface area (Å²) in [5.41, 5.74) is 5.47. The zero-order chi connectivity index (χ0) is 26.0. The van der Waals surface area contributed by atoms with Gasteiger partial charge in [0.05, 0.1) is 32.1 Å². The fourth-order valence-corrected chi connectivity index (χ4v) is 4.71. The van der Waals surface area contributed by atoms with Crippen molar-refractivity contribution >= 4 is 28.5 Å². The van der Waals surface area contributed by atoms with Gasteiger partial charge in [-0.1, -0.05) is 30.3 Å². The minimum absolute atomic E-state index is 0.0667. The van der Waals surface area contributed by atoms with Crippen LogP contribution < -0.4 is 9.62 Å². The molecule has 3 rings (SSSR count). The third-order valence-corrected chi connectivity index (χ3v) is 7.49. The third-order valence-electron chi connectivity index (χ3n) is 6.54. The summed E-state index contributed by atoms with van der Waals surface area (Å²) in [6.45, 7) is 2.48. The Morgan fingerprint density at radius 2 is 1.80 bits per heavy atom. The van der Waals surface area contributed by atoms with E-state index >= 15 is 0 Å². The molecule has 2 aromatic carbocycles. The first-order chi connectivity index (χ1) is 16.3. The van der Waals surface area contributed by atoms with Gasteiger partial charge >= 0.3 is 6.18 Å². The van der Waals surface area contributed by atoms with Crippen LogP contribution in [0.3, 0.4) is 0 Å². The highest BCUT2D eigenvalue weighted by atomic mass is 32.2. The van der Waals surface area contributed by atoms with Crippen LogP contribution >= 0.6 is 0 Å². The summed E-state index contributed by atoms with van der Waals surface area (Å²) in [5, 5.41) is 0. The van der Waals surface area contributed by atoms with Crippen LogP contribution in [0.15, 0.2) is 42.5 Å². The number of hydrogen-bond acceptors (Lipinski definition) is 5. The number of quaternary nitrogens is 1. The summed E-state index contributed by atoms with van der Waals surface area (Å²) in [4.78, 5) is 17.3. The SMILES string of the molecule is CN(C(=O)Cc1c(N)cc(C(F)(F)F)cc1[N+](C)(C)S(=O)[O-])[C@H](CN1CCCC1)c1ccccc1. The van der Waals surface area contributed by atoms with Gasteiger partial charge in [-0.25, -0.2) is 8.10 Å². The van der Waals surface area contributed by atoms with Gasteiger partial charge in [0.1, 0.15) is 0 Å². The van der Waals surface area contributed by atoms with Crippen LogP contribution in [-0.2, 0) is 28.7 Å². The molecule has 11 heteroatoms. The molecule has 1 aliphatic heterocycles. The maximum absolute atomic E-state index is 13.5. The van der Waals surface area contributed by atoms with E-state index < -0.39 is 26.9 Å². The van der Waals surface area contributed by atoms with E-state index in [1.54, 1.807) is 11.9 Å². The van der Waals surface area contributed by atoms with Crippen LogP contribution in [0, 0.1) is 0 Å². The summed E-state index contributed by atoms with van der Waals surface area (Å²) in [7, 11) is 4.12. The Labute approximate surface area is 206 Å². The van der Waals surface area contributed by atoms with Gasteiger partial charge in [-0.15, -0.1) is 0 Å². The largest absolute Gasteiger partial charge is 0.724 e. The smallest absolute Gasteiger partial charge is 0.416 e. The molecule has 192 valence electrons. The maximum Gasteiger partial charge on any atom is 0.416 e. The fraction of sp³-hybridized carbons (Fsp3) is 0.458. The highest BCUT2D eigenvalue weighted by Gasteiger charge is 2.37. The van der Waals surface area contributed by atoms with E-state index in [2.05, 4.69) is 4.90 Å². The van der Waals surface area contributed by atoms with E-state index in [0.717, 1.165) is 43.6 Å². The Bertz CT molecular complexity index is 1070. The number of carbonyl (C=O) groups is 1. The number of nitrogens with zero attached hydrogens (tertiary/aromatic N) is 3. The highest BCUT2D eigenvalue weighted by Crippen LogP contribution is 2.39. The lowest BCUT2D eigenvalue weighted by Gasteiger charge is -2.34. The number of nitrogen functional groups attached to an aromatic ring is 1. The van der Waals surface area contributed by atoms with Crippen LogP contribution in [0.1, 0.15) is 35.6 Å². The lowest BCUT2D eigenvalue weighted by atomic mass is 10.00.